The van der Waals surface area contributed by atoms with E-state index in [0.717, 1.165) is 18.8 Å². The lowest BCUT2D eigenvalue weighted by atomic mass is 10.0. The Bertz CT molecular complexity index is 965. The third-order valence-corrected chi connectivity index (χ3v) is 6.32. The van der Waals surface area contributed by atoms with Crippen molar-refractivity contribution in [2.75, 3.05) is 18.0 Å². The fraction of sp³-hybridized carbons (Fsp3) is 0.385. The third kappa shape index (κ3) is 5.63. The van der Waals surface area contributed by atoms with Crippen LogP contribution < -0.4 is 10.2 Å². The first-order chi connectivity index (χ1) is 15.1. The molecule has 0 aliphatic carbocycles. The largest absolute Gasteiger partial charge is 0.348 e. The van der Waals surface area contributed by atoms with Crippen molar-refractivity contribution in [3.05, 3.63) is 88.3 Å². The number of aryl methyl sites for hydroxylation is 2. The summed E-state index contributed by atoms with van der Waals surface area (Å²) in [4.78, 5) is 10.8. The minimum atomic E-state index is 0.383. The molecular formula is C26H31ClN4. The number of nitrogens with one attached hydrogen (secondary N) is 1. The van der Waals surface area contributed by atoms with E-state index in [1.165, 1.54) is 48.1 Å². The van der Waals surface area contributed by atoms with Crippen molar-refractivity contribution in [1.29, 1.82) is 0 Å². The SMILES string of the molecule is Cc1ccc([C@@H]2CCCN2)cc1.Cc1ccc([C@@H]2CCCN2c2cncc(Cl)n2)cc1. The molecule has 2 atom stereocenters. The van der Waals surface area contributed by atoms with Gasteiger partial charge in [-0.15, -0.1) is 0 Å². The van der Waals surface area contributed by atoms with Crippen LogP contribution in [0.15, 0.2) is 60.9 Å². The van der Waals surface area contributed by atoms with Crippen LogP contribution in [-0.4, -0.2) is 23.1 Å². The second-order valence-electron chi connectivity index (χ2n) is 8.52. The van der Waals surface area contributed by atoms with Crippen molar-refractivity contribution in [2.24, 2.45) is 0 Å². The molecule has 4 nitrogen and oxygen atoms in total. The summed E-state index contributed by atoms with van der Waals surface area (Å²) >= 11 is 5.94. The van der Waals surface area contributed by atoms with E-state index in [4.69, 9.17) is 11.6 Å². The molecule has 5 rings (SSSR count). The molecule has 1 N–H and O–H groups in total. The van der Waals surface area contributed by atoms with Gasteiger partial charge in [0.2, 0.25) is 0 Å². The van der Waals surface area contributed by atoms with E-state index in [-0.39, 0.29) is 0 Å². The molecule has 2 aromatic carbocycles. The highest BCUT2D eigenvalue weighted by Crippen LogP contribution is 2.35. The van der Waals surface area contributed by atoms with E-state index >= 15 is 0 Å². The molecule has 162 valence electrons. The molecule has 2 fully saturated rings. The third-order valence-electron chi connectivity index (χ3n) is 6.14. The van der Waals surface area contributed by atoms with Gasteiger partial charge in [-0.2, -0.15) is 0 Å². The maximum atomic E-state index is 5.94. The molecule has 0 saturated carbocycles. The lowest BCUT2D eigenvalue weighted by Crippen LogP contribution is -2.23. The van der Waals surface area contributed by atoms with E-state index in [1.807, 2.05) is 0 Å². The van der Waals surface area contributed by atoms with Gasteiger partial charge in [0.1, 0.15) is 11.0 Å². The molecule has 2 aliphatic rings. The van der Waals surface area contributed by atoms with Crippen molar-refractivity contribution >= 4 is 17.4 Å². The molecule has 0 spiro atoms. The van der Waals surface area contributed by atoms with Crippen LogP contribution in [0.3, 0.4) is 0 Å². The number of benzene rings is 2. The molecular weight excluding hydrogens is 404 g/mol. The zero-order valence-corrected chi connectivity index (χ0v) is 19.1. The number of nitrogens with zero attached hydrogens (tertiary/aromatic N) is 3. The molecule has 0 bridgehead atoms. The summed E-state index contributed by atoms with van der Waals surface area (Å²) in [6.07, 6.45) is 8.30. The highest BCUT2D eigenvalue weighted by molar-refractivity contribution is 6.29. The maximum Gasteiger partial charge on any atom is 0.149 e. The van der Waals surface area contributed by atoms with E-state index in [9.17, 15) is 0 Å². The second kappa shape index (κ2) is 10.3. The molecule has 0 amide bonds. The number of rotatable bonds is 3. The molecule has 5 heteroatoms. The van der Waals surface area contributed by atoms with Crippen molar-refractivity contribution < 1.29 is 0 Å². The molecule has 0 radical (unpaired) electrons. The van der Waals surface area contributed by atoms with Gasteiger partial charge in [0.05, 0.1) is 18.4 Å². The lowest BCUT2D eigenvalue weighted by molar-refractivity contribution is 0.647. The van der Waals surface area contributed by atoms with Gasteiger partial charge < -0.3 is 10.2 Å². The van der Waals surface area contributed by atoms with Gasteiger partial charge in [0, 0.05) is 12.6 Å². The number of anilines is 1. The van der Waals surface area contributed by atoms with Gasteiger partial charge in [0.15, 0.2) is 0 Å². The smallest absolute Gasteiger partial charge is 0.149 e. The van der Waals surface area contributed by atoms with Crippen LogP contribution in [0.1, 0.15) is 60.0 Å². The monoisotopic (exact) mass is 434 g/mol. The molecule has 3 heterocycles. The van der Waals surface area contributed by atoms with Gasteiger partial charge in [-0.05, 0) is 57.2 Å². The predicted octanol–water partition coefficient (Wildman–Crippen LogP) is 6.20. The minimum absolute atomic E-state index is 0.383. The number of hydrogen-bond acceptors (Lipinski definition) is 4. The summed E-state index contributed by atoms with van der Waals surface area (Å²) in [6.45, 7) is 6.43. The number of hydrogen-bond donors (Lipinski definition) is 1. The number of aromatic nitrogens is 2. The molecule has 1 aromatic heterocycles. The van der Waals surface area contributed by atoms with Gasteiger partial charge in [-0.1, -0.05) is 71.3 Å². The Balaban J connectivity index is 0.000000166. The van der Waals surface area contributed by atoms with Crippen LogP contribution in [0.2, 0.25) is 5.15 Å². The number of halogens is 1. The fourth-order valence-corrected chi connectivity index (χ4v) is 4.56. The molecule has 2 saturated heterocycles. The van der Waals surface area contributed by atoms with Gasteiger partial charge in [-0.3, -0.25) is 4.98 Å². The van der Waals surface area contributed by atoms with Crippen LogP contribution in [0.5, 0.6) is 0 Å². The van der Waals surface area contributed by atoms with Crippen molar-refractivity contribution in [1.82, 2.24) is 15.3 Å². The molecule has 3 aromatic rings. The molecule has 0 unspecified atom stereocenters. The fourth-order valence-electron chi connectivity index (χ4n) is 4.41. The first-order valence-corrected chi connectivity index (χ1v) is 11.6. The van der Waals surface area contributed by atoms with E-state index in [0.29, 0.717) is 17.2 Å². The Labute approximate surface area is 190 Å². The Morgan fingerprint density at radius 3 is 2.16 bits per heavy atom. The summed E-state index contributed by atoms with van der Waals surface area (Å²) in [7, 11) is 0. The highest BCUT2D eigenvalue weighted by atomic mass is 35.5. The van der Waals surface area contributed by atoms with Crippen LogP contribution in [0.4, 0.5) is 5.82 Å². The van der Waals surface area contributed by atoms with Crippen LogP contribution >= 0.6 is 11.6 Å². The zero-order valence-electron chi connectivity index (χ0n) is 18.4. The quantitative estimate of drug-likeness (QED) is 0.532. The summed E-state index contributed by atoms with van der Waals surface area (Å²) in [5.74, 6) is 0.871. The normalized spacial score (nSPS) is 20.4. The molecule has 2 aliphatic heterocycles. The summed E-state index contributed by atoms with van der Waals surface area (Å²) < 4.78 is 0. The highest BCUT2D eigenvalue weighted by Gasteiger charge is 2.27. The summed E-state index contributed by atoms with van der Waals surface area (Å²) in [5.41, 5.74) is 5.41. The van der Waals surface area contributed by atoms with E-state index in [1.54, 1.807) is 12.4 Å². The van der Waals surface area contributed by atoms with Crippen molar-refractivity contribution in [2.45, 2.75) is 51.6 Å². The zero-order chi connectivity index (χ0) is 21.6. The topological polar surface area (TPSA) is 41.0 Å². The molecule has 31 heavy (non-hydrogen) atoms. The summed E-state index contributed by atoms with van der Waals surface area (Å²) in [6, 6.07) is 18.6. The van der Waals surface area contributed by atoms with E-state index < -0.39 is 0 Å². The van der Waals surface area contributed by atoms with E-state index in [2.05, 4.69) is 82.6 Å². The van der Waals surface area contributed by atoms with Gasteiger partial charge in [0.25, 0.3) is 0 Å². The first-order valence-electron chi connectivity index (χ1n) is 11.2. The average Bonchev–Trinajstić information content (AvgIpc) is 3.48. The van der Waals surface area contributed by atoms with Crippen molar-refractivity contribution in [3.63, 3.8) is 0 Å². The van der Waals surface area contributed by atoms with Gasteiger partial charge >= 0.3 is 0 Å². The maximum absolute atomic E-state index is 5.94. The Hall–Kier alpha value is -2.43. The lowest BCUT2D eigenvalue weighted by Gasteiger charge is -2.25. The standard InChI is InChI=1S/C15H16ClN3.C11H15N/c1-11-4-6-12(7-5-11)13-3-2-8-19(13)15-10-17-9-14(16)18-15;1-9-4-6-10(7-5-9)11-3-2-8-12-11/h4-7,9-10,13H,2-3,8H2,1H3;4-7,11-12H,2-3,8H2,1H3/t13-;11-/m00/s1. The van der Waals surface area contributed by atoms with Gasteiger partial charge in [-0.25, -0.2) is 4.98 Å². The van der Waals surface area contributed by atoms with Crippen LogP contribution in [-0.2, 0) is 0 Å². The van der Waals surface area contributed by atoms with Crippen LogP contribution in [0.25, 0.3) is 0 Å². The minimum Gasteiger partial charge on any atom is -0.348 e. The Morgan fingerprint density at radius 2 is 1.55 bits per heavy atom. The van der Waals surface area contributed by atoms with Crippen LogP contribution in [0, 0.1) is 13.8 Å². The Morgan fingerprint density at radius 1 is 0.871 bits per heavy atom. The Kier molecular flexibility index (Phi) is 7.21. The predicted molar refractivity (Wildman–Crippen MR) is 129 cm³/mol. The second-order valence-corrected chi connectivity index (χ2v) is 8.91. The summed E-state index contributed by atoms with van der Waals surface area (Å²) in [5, 5.41) is 3.94. The van der Waals surface area contributed by atoms with Crippen molar-refractivity contribution in [3.8, 4) is 0 Å². The first kappa shape index (κ1) is 21.8. The average molecular weight is 435 g/mol.